The van der Waals surface area contributed by atoms with Crippen LogP contribution in [0, 0.1) is 5.82 Å². The minimum atomic E-state index is -0.983. The molecular formula is C12H17FN2O3. The van der Waals surface area contributed by atoms with E-state index < -0.39 is 30.4 Å². The lowest BCUT2D eigenvalue weighted by Gasteiger charge is -2.17. The van der Waals surface area contributed by atoms with Gasteiger partial charge in [-0.05, 0) is 24.6 Å². The lowest BCUT2D eigenvalue weighted by molar-refractivity contribution is -0.123. The highest BCUT2D eigenvalue weighted by atomic mass is 19.1. The first-order chi connectivity index (χ1) is 8.47. The number of rotatable bonds is 5. The summed E-state index contributed by atoms with van der Waals surface area (Å²) >= 11 is 0. The van der Waals surface area contributed by atoms with Crippen LogP contribution >= 0.6 is 0 Å². The Balaban J connectivity index is 2.80. The lowest BCUT2D eigenvalue weighted by atomic mass is 10.1. The summed E-state index contributed by atoms with van der Waals surface area (Å²) in [6.07, 6.45) is 0. The number of benzene rings is 1. The summed E-state index contributed by atoms with van der Waals surface area (Å²) in [7, 11) is 1.43. The molecule has 1 aromatic carbocycles. The van der Waals surface area contributed by atoms with E-state index in [1.807, 2.05) is 0 Å². The molecule has 0 aromatic heterocycles. The van der Waals surface area contributed by atoms with Gasteiger partial charge in [0.2, 0.25) is 5.91 Å². The molecule has 0 radical (unpaired) electrons. The SMILES string of the molecule is COc1cc(F)cc([C@@H](C)NC(=O)[C@H](N)CO)c1. The number of nitrogens with two attached hydrogens (primary N) is 1. The number of ether oxygens (including phenoxy) is 1. The summed E-state index contributed by atoms with van der Waals surface area (Å²) < 4.78 is 18.2. The largest absolute Gasteiger partial charge is 0.497 e. The lowest BCUT2D eigenvalue weighted by Crippen LogP contribution is -2.43. The maximum Gasteiger partial charge on any atom is 0.239 e. The smallest absolute Gasteiger partial charge is 0.239 e. The number of aliphatic hydroxyl groups excluding tert-OH is 1. The third kappa shape index (κ3) is 3.68. The van der Waals surface area contributed by atoms with Crippen molar-refractivity contribution >= 4 is 5.91 Å². The van der Waals surface area contributed by atoms with E-state index in [1.165, 1.54) is 19.2 Å². The summed E-state index contributed by atoms with van der Waals surface area (Å²) in [6.45, 7) is 1.25. The zero-order valence-corrected chi connectivity index (χ0v) is 10.3. The fourth-order valence-corrected chi connectivity index (χ4v) is 1.44. The van der Waals surface area contributed by atoms with Crippen LogP contribution in [0.1, 0.15) is 18.5 Å². The van der Waals surface area contributed by atoms with Crippen LogP contribution in [0.2, 0.25) is 0 Å². The molecule has 0 unspecified atom stereocenters. The summed E-state index contributed by atoms with van der Waals surface area (Å²) in [5.74, 6) is -0.567. The zero-order valence-electron chi connectivity index (χ0n) is 10.3. The molecular weight excluding hydrogens is 239 g/mol. The average Bonchev–Trinajstić information content (AvgIpc) is 2.36. The molecule has 1 aromatic rings. The topological polar surface area (TPSA) is 84.6 Å². The van der Waals surface area contributed by atoms with Crippen LogP contribution in [0.3, 0.4) is 0 Å². The van der Waals surface area contributed by atoms with Crippen molar-refractivity contribution in [3.63, 3.8) is 0 Å². The molecule has 0 saturated heterocycles. The van der Waals surface area contributed by atoms with Gasteiger partial charge in [0.1, 0.15) is 17.6 Å². The molecule has 0 aliphatic rings. The summed E-state index contributed by atoms with van der Waals surface area (Å²) in [6, 6.07) is 2.76. The van der Waals surface area contributed by atoms with Gasteiger partial charge in [-0.2, -0.15) is 0 Å². The normalized spacial score (nSPS) is 13.8. The van der Waals surface area contributed by atoms with Crippen molar-refractivity contribution in [3.05, 3.63) is 29.6 Å². The van der Waals surface area contributed by atoms with Crippen LogP contribution in [0.5, 0.6) is 5.75 Å². The average molecular weight is 256 g/mol. The van der Waals surface area contributed by atoms with Gasteiger partial charge in [0.05, 0.1) is 19.8 Å². The van der Waals surface area contributed by atoms with E-state index in [9.17, 15) is 9.18 Å². The molecule has 4 N–H and O–H groups in total. The highest BCUT2D eigenvalue weighted by Gasteiger charge is 2.16. The maximum absolute atomic E-state index is 13.3. The van der Waals surface area contributed by atoms with Crippen LogP contribution in [-0.4, -0.2) is 30.8 Å². The molecule has 1 amide bonds. The molecule has 5 nitrogen and oxygen atoms in total. The first-order valence-electron chi connectivity index (χ1n) is 5.49. The van der Waals surface area contributed by atoms with Gasteiger partial charge in [-0.25, -0.2) is 4.39 Å². The second kappa shape index (κ2) is 6.32. The Bertz CT molecular complexity index is 426. The van der Waals surface area contributed by atoms with Crippen LogP contribution in [0.4, 0.5) is 4.39 Å². The quantitative estimate of drug-likeness (QED) is 0.709. The highest BCUT2D eigenvalue weighted by Crippen LogP contribution is 2.21. The van der Waals surface area contributed by atoms with Crippen molar-refractivity contribution in [3.8, 4) is 5.75 Å². The number of aliphatic hydroxyl groups is 1. The summed E-state index contributed by atoms with van der Waals surface area (Å²) in [5.41, 5.74) is 5.93. The number of carbonyl (C=O) groups excluding carboxylic acids is 1. The Hall–Kier alpha value is -1.66. The minimum absolute atomic E-state index is 0.373. The van der Waals surface area contributed by atoms with E-state index in [4.69, 9.17) is 15.6 Å². The van der Waals surface area contributed by atoms with Crippen molar-refractivity contribution in [1.29, 1.82) is 0 Å². The van der Waals surface area contributed by atoms with Gasteiger partial charge < -0.3 is 20.9 Å². The molecule has 0 fully saturated rings. The van der Waals surface area contributed by atoms with Crippen LogP contribution in [0.15, 0.2) is 18.2 Å². The first kappa shape index (κ1) is 14.4. The number of nitrogens with one attached hydrogen (secondary N) is 1. The van der Waals surface area contributed by atoms with Crippen LogP contribution in [-0.2, 0) is 4.79 Å². The van der Waals surface area contributed by atoms with Crippen molar-refractivity contribution in [2.45, 2.75) is 19.0 Å². The summed E-state index contributed by atoms with van der Waals surface area (Å²) in [5, 5.41) is 11.3. The molecule has 0 heterocycles. The minimum Gasteiger partial charge on any atom is -0.497 e. The van der Waals surface area contributed by atoms with Crippen molar-refractivity contribution in [2.75, 3.05) is 13.7 Å². The highest BCUT2D eigenvalue weighted by molar-refractivity contribution is 5.82. The predicted molar refractivity (Wildman–Crippen MR) is 64.6 cm³/mol. The maximum atomic E-state index is 13.3. The Morgan fingerprint density at radius 2 is 2.22 bits per heavy atom. The second-order valence-electron chi connectivity index (χ2n) is 3.94. The van der Waals surface area contributed by atoms with Crippen LogP contribution in [0.25, 0.3) is 0 Å². The first-order valence-corrected chi connectivity index (χ1v) is 5.49. The molecule has 0 aliphatic carbocycles. The zero-order chi connectivity index (χ0) is 13.7. The van der Waals surface area contributed by atoms with Crippen molar-refractivity contribution in [2.24, 2.45) is 5.73 Å². The standard InChI is InChI=1S/C12H17FN2O3/c1-7(15-12(17)11(14)6-16)8-3-9(13)5-10(4-8)18-2/h3-5,7,11,16H,6,14H2,1-2H3,(H,15,17)/t7-,11-/m1/s1. The number of methoxy groups -OCH3 is 1. The van der Waals surface area contributed by atoms with Crippen molar-refractivity contribution in [1.82, 2.24) is 5.32 Å². The van der Waals surface area contributed by atoms with E-state index >= 15 is 0 Å². The molecule has 0 bridgehead atoms. The van der Waals surface area contributed by atoms with Gasteiger partial charge in [0.25, 0.3) is 0 Å². The number of amides is 1. The van der Waals surface area contributed by atoms with E-state index in [0.29, 0.717) is 11.3 Å². The monoisotopic (exact) mass is 256 g/mol. The fourth-order valence-electron chi connectivity index (χ4n) is 1.44. The van der Waals surface area contributed by atoms with Gasteiger partial charge in [-0.3, -0.25) is 4.79 Å². The van der Waals surface area contributed by atoms with Gasteiger partial charge in [0, 0.05) is 6.07 Å². The van der Waals surface area contributed by atoms with E-state index in [0.717, 1.165) is 0 Å². The Morgan fingerprint density at radius 1 is 1.56 bits per heavy atom. The fraction of sp³-hybridized carbons (Fsp3) is 0.417. The Kier molecular flexibility index (Phi) is 5.06. The third-order valence-electron chi connectivity index (χ3n) is 2.52. The van der Waals surface area contributed by atoms with Crippen LogP contribution < -0.4 is 15.8 Å². The number of carbonyl (C=O) groups is 1. The van der Waals surface area contributed by atoms with Gasteiger partial charge >= 0.3 is 0 Å². The molecule has 1 rings (SSSR count). The van der Waals surface area contributed by atoms with E-state index in [1.54, 1.807) is 13.0 Å². The molecule has 100 valence electrons. The van der Waals surface area contributed by atoms with Crippen molar-refractivity contribution < 1.29 is 19.0 Å². The molecule has 0 saturated carbocycles. The number of hydrogen-bond donors (Lipinski definition) is 3. The van der Waals surface area contributed by atoms with Gasteiger partial charge in [-0.15, -0.1) is 0 Å². The number of halogens is 1. The Labute approximate surface area is 105 Å². The molecule has 2 atom stereocenters. The number of hydrogen-bond acceptors (Lipinski definition) is 4. The van der Waals surface area contributed by atoms with Gasteiger partial charge in [0.15, 0.2) is 0 Å². The predicted octanol–water partition coefficient (Wildman–Crippen LogP) is 0.331. The molecule has 0 spiro atoms. The van der Waals surface area contributed by atoms with Gasteiger partial charge in [-0.1, -0.05) is 0 Å². The van der Waals surface area contributed by atoms with E-state index in [2.05, 4.69) is 5.32 Å². The van der Waals surface area contributed by atoms with E-state index in [-0.39, 0.29) is 0 Å². The summed E-state index contributed by atoms with van der Waals surface area (Å²) in [4.78, 5) is 11.5. The Morgan fingerprint density at radius 3 is 2.78 bits per heavy atom. The third-order valence-corrected chi connectivity index (χ3v) is 2.52. The molecule has 0 aliphatic heterocycles. The molecule has 18 heavy (non-hydrogen) atoms. The molecule has 6 heteroatoms. The second-order valence-corrected chi connectivity index (χ2v) is 3.94.